The van der Waals surface area contributed by atoms with Crippen molar-refractivity contribution in [3.63, 3.8) is 0 Å². The molecule has 1 saturated heterocycles. The summed E-state index contributed by atoms with van der Waals surface area (Å²) >= 11 is 1.37. The average Bonchev–Trinajstić information content (AvgIpc) is 3.52. The second-order valence-electron chi connectivity index (χ2n) is 8.96. The summed E-state index contributed by atoms with van der Waals surface area (Å²) in [6, 6.07) is 14.3. The number of benzene rings is 2. The van der Waals surface area contributed by atoms with Crippen molar-refractivity contribution < 1.29 is 18.7 Å². The first-order valence-electron chi connectivity index (χ1n) is 12.0. The van der Waals surface area contributed by atoms with Crippen LogP contribution in [0.2, 0.25) is 0 Å². The smallest absolute Gasteiger partial charge is 0.237 e. The molecule has 7 nitrogen and oxygen atoms in total. The Morgan fingerprint density at radius 2 is 2.06 bits per heavy atom. The van der Waals surface area contributed by atoms with Crippen molar-refractivity contribution in [3.05, 3.63) is 65.7 Å². The van der Waals surface area contributed by atoms with Gasteiger partial charge in [-0.1, -0.05) is 30.0 Å². The van der Waals surface area contributed by atoms with Crippen LogP contribution in [0.1, 0.15) is 37.6 Å². The third-order valence-electron chi connectivity index (χ3n) is 6.48. The number of hydrogen-bond donors (Lipinski definition) is 0. The first-order chi connectivity index (χ1) is 17.1. The zero-order chi connectivity index (χ0) is 24.2. The summed E-state index contributed by atoms with van der Waals surface area (Å²) in [5.41, 5.74) is 1.68. The number of para-hydroxylation sites is 1. The second kappa shape index (κ2) is 10.8. The Morgan fingerprint density at radius 1 is 1.20 bits per heavy atom. The highest BCUT2D eigenvalue weighted by atomic mass is 32.2. The molecule has 0 spiro atoms. The number of anilines is 1. The van der Waals surface area contributed by atoms with Gasteiger partial charge in [-0.25, -0.2) is 4.39 Å². The Kier molecular flexibility index (Phi) is 7.34. The Hall–Kier alpha value is -2.91. The average molecular weight is 497 g/mol. The minimum absolute atomic E-state index is 0.0242. The van der Waals surface area contributed by atoms with E-state index in [-0.39, 0.29) is 36.2 Å². The van der Waals surface area contributed by atoms with Crippen molar-refractivity contribution in [2.45, 2.75) is 63.1 Å². The fourth-order valence-corrected chi connectivity index (χ4v) is 5.49. The van der Waals surface area contributed by atoms with E-state index in [0.717, 1.165) is 49.3 Å². The summed E-state index contributed by atoms with van der Waals surface area (Å²) in [6.07, 6.45) is 3.70. The van der Waals surface area contributed by atoms with Crippen LogP contribution >= 0.6 is 11.8 Å². The molecule has 3 heterocycles. The molecule has 2 aliphatic heterocycles. The molecule has 0 saturated carbocycles. The molecule has 0 radical (unpaired) electrons. The molecule has 0 aliphatic carbocycles. The first-order valence-corrected chi connectivity index (χ1v) is 13.0. The maximum atomic E-state index is 13.7. The largest absolute Gasteiger partial charge is 0.486 e. The Labute approximate surface area is 208 Å². The highest BCUT2D eigenvalue weighted by Crippen LogP contribution is 2.32. The Balaban J connectivity index is 1.31. The van der Waals surface area contributed by atoms with Crippen LogP contribution in [0.5, 0.6) is 5.75 Å². The molecule has 9 heteroatoms. The summed E-state index contributed by atoms with van der Waals surface area (Å²) in [6.45, 7) is 3.70. The molecule has 0 N–H and O–H groups in total. The molecule has 2 unspecified atom stereocenters. The van der Waals surface area contributed by atoms with Gasteiger partial charge in [-0.3, -0.25) is 4.79 Å². The molecule has 0 bridgehead atoms. The van der Waals surface area contributed by atoms with E-state index in [1.54, 1.807) is 11.0 Å². The van der Waals surface area contributed by atoms with E-state index < -0.39 is 0 Å². The number of rotatable bonds is 8. The van der Waals surface area contributed by atoms with Crippen LogP contribution in [0, 0.1) is 5.82 Å². The minimum Gasteiger partial charge on any atom is -0.486 e. The van der Waals surface area contributed by atoms with Gasteiger partial charge in [-0.05, 0) is 68.5 Å². The lowest BCUT2D eigenvalue weighted by Gasteiger charge is -2.35. The van der Waals surface area contributed by atoms with Gasteiger partial charge in [0.1, 0.15) is 18.2 Å². The standard InChI is InChI=1S/C26H29FN4O3S/c1-18-9-10-19-14-20(27)11-12-23(19)31(18)25(32)17-35-26-29-28-24(16-34-21-6-3-2-4-7-21)30(26)15-22-8-5-13-33-22/h2-4,6-7,11-12,14,18,22H,5,8-10,13,15-17H2,1H3. The monoisotopic (exact) mass is 496 g/mol. The van der Waals surface area contributed by atoms with Gasteiger partial charge in [0, 0.05) is 18.3 Å². The molecule has 184 valence electrons. The first kappa shape index (κ1) is 23.8. The number of ether oxygens (including phenoxy) is 2. The van der Waals surface area contributed by atoms with Crippen LogP contribution in [0.3, 0.4) is 0 Å². The van der Waals surface area contributed by atoms with Gasteiger partial charge in [0.15, 0.2) is 11.0 Å². The number of nitrogens with zero attached hydrogens (tertiary/aromatic N) is 4. The summed E-state index contributed by atoms with van der Waals surface area (Å²) < 4.78 is 27.5. The van der Waals surface area contributed by atoms with Crippen LogP contribution in [0.25, 0.3) is 0 Å². The van der Waals surface area contributed by atoms with Crippen molar-refractivity contribution in [2.24, 2.45) is 0 Å². The molecule has 1 aromatic heterocycles. The Morgan fingerprint density at radius 3 is 2.86 bits per heavy atom. The lowest BCUT2D eigenvalue weighted by atomic mass is 9.96. The van der Waals surface area contributed by atoms with E-state index >= 15 is 0 Å². The van der Waals surface area contributed by atoms with Gasteiger partial charge < -0.3 is 18.9 Å². The zero-order valence-corrected chi connectivity index (χ0v) is 20.5. The van der Waals surface area contributed by atoms with Crippen molar-refractivity contribution in [3.8, 4) is 5.75 Å². The molecular formula is C26H29FN4O3S. The Bertz CT molecular complexity index is 1170. The van der Waals surface area contributed by atoms with Crippen LogP contribution in [0.4, 0.5) is 10.1 Å². The van der Waals surface area contributed by atoms with Gasteiger partial charge in [0.25, 0.3) is 0 Å². The third-order valence-corrected chi connectivity index (χ3v) is 7.43. The number of aryl methyl sites for hydroxylation is 1. The zero-order valence-electron chi connectivity index (χ0n) is 19.7. The van der Waals surface area contributed by atoms with Crippen LogP contribution in [-0.4, -0.2) is 45.2 Å². The van der Waals surface area contributed by atoms with Crippen LogP contribution < -0.4 is 9.64 Å². The van der Waals surface area contributed by atoms with Gasteiger partial charge in [-0.2, -0.15) is 0 Å². The topological polar surface area (TPSA) is 69.5 Å². The lowest BCUT2D eigenvalue weighted by Crippen LogP contribution is -2.43. The van der Waals surface area contributed by atoms with E-state index in [2.05, 4.69) is 10.2 Å². The fraction of sp³-hybridized carbons (Fsp3) is 0.423. The van der Waals surface area contributed by atoms with E-state index in [4.69, 9.17) is 9.47 Å². The number of hydrogen-bond acceptors (Lipinski definition) is 6. The van der Waals surface area contributed by atoms with Gasteiger partial charge in [0.2, 0.25) is 5.91 Å². The highest BCUT2D eigenvalue weighted by Gasteiger charge is 2.29. The number of fused-ring (bicyclic) bond motifs is 1. The normalized spacial score (nSPS) is 19.5. The number of carbonyl (C=O) groups excluding carboxylic acids is 1. The summed E-state index contributed by atoms with van der Waals surface area (Å²) in [5.74, 6) is 1.38. The number of thioether (sulfide) groups is 1. The number of carbonyl (C=O) groups is 1. The molecule has 1 fully saturated rings. The predicted octanol–water partition coefficient (Wildman–Crippen LogP) is 4.64. The van der Waals surface area contributed by atoms with Crippen molar-refractivity contribution in [1.29, 1.82) is 0 Å². The van der Waals surface area contributed by atoms with Crippen LogP contribution in [-0.2, 0) is 29.1 Å². The predicted molar refractivity (Wildman–Crippen MR) is 132 cm³/mol. The number of halogens is 1. The molecule has 2 aromatic carbocycles. The van der Waals surface area contributed by atoms with Crippen LogP contribution in [0.15, 0.2) is 53.7 Å². The van der Waals surface area contributed by atoms with Crippen molar-refractivity contribution >= 4 is 23.4 Å². The third kappa shape index (κ3) is 5.51. The summed E-state index contributed by atoms with van der Waals surface area (Å²) in [7, 11) is 0. The summed E-state index contributed by atoms with van der Waals surface area (Å²) in [5, 5.41) is 9.42. The number of aromatic nitrogens is 3. The van der Waals surface area contributed by atoms with Crippen molar-refractivity contribution in [2.75, 3.05) is 17.3 Å². The molecule has 35 heavy (non-hydrogen) atoms. The number of amides is 1. The maximum Gasteiger partial charge on any atom is 0.237 e. The van der Waals surface area contributed by atoms with E-state index in [1.807, 2.05) is 41.8 Å². The maximum absolute atomic E-state index is 13.7. The highest BCUT2D eigenvalue weighted by molar-refractivity contribution is 7.99. The van der Waals surface area contributed by atoms with Gasteiger partial charge in [-0.15, -0.1) is 10.2 Å². The van der Waals surface area contributed by atoms with E-state index in [1.165, 1.54) is 23.9 Å². The molecular weight excluding hydrogens is 467 g/mol. The van der Waals surface area contributed by atoms with E-state index in [9.17, 15) is 9.18 Å². The van der Waals surface area contributed by atoms with Crippen molar-refractivity contribution in [1.82, 2.24) is 14.8 Å². The van der Waals surface area contributed by atoms with Gasteiger partial charge in [0.05, 0.1) is 18.4 Å². The molecule has 2 aliphatic rings. The molecule has 3 aromatic rings. The van der Waals surface area contributed by atoms with E-state index in [0.29, 0.717) is 17.5 Å². The quantitative estimate of drug-likeness (QED) is 0.424. The lowest BCUT2D eigenvalue weighted by molar-refractivity contribution is -0.116. The SMILES string of the molecule is CC1CCc2cc(F)ccc2N1C(=O)CSc1nnc(COc2ccccc2)n1CC1CCCO1. The summed E-state index contributed by atoms with van der Waals surface area (Å²) in [4.78, 5) is 15.1. The molecule has 1 amide bonds. The fourth-order valence-electron chi connectivity index (χ4n) is 4.67. The second-order valence-corrected chi connectivity index (χ2v) is 9.90. The molecule has 5 rings (SSSR count). The van der Waals surface area contributed by atoms with Gasteiger partial charge >= 0.3 is 0 Å². The minimum atomic E-state index is -0.271. The molecule has 2 atom stereocenters.